The van der Waals surface area contributed by atoms with Gasteiger partial charge in [0.05, 0.1) is 0 Å². The molecule has 0 aromatic heterocycles. The van der Waals surface area contributed by atoms with Gasteiger partial charge in [0.25, 0.3) is 0 Å². The van der Waals surface area contributed by atoms with Crippen molar-refractivity contribution in [3.05, 3.63) is 0 Å². The van der Waals surface area contributed by atoms with Gasteiger partial charge in [-0.2, -0.15) is 0 Å². The number of hydrogen-bond donors (Lipinski definition) is 1. The summed E-state index contributed by atoms with van der Waals surface area (Å²) in [4.78, 5) is 2.63. The number of rotatable bonds is 5. The van der Waals surface area contributed by atoms with Gasteiger partial charge in [-0.15, -0.1) is 0 Å². The van der Waals surface area contributed by atoms with Gasteiger partial charge in [0.1, 0.15) is 0 Å². The van der Waals surface area contributed by atoms with Crippen LogP contribution in [-0.4, -0.2) is 36.6 Å². The molecule has 0 aliphatic carbocycles. The van der Waals surface area contributed by atoms with Crippen LogP contribution in [0, 0.1) is 0 Å². The molecule has 0 amide bonds. The van der Waals surface area contributed by atoms with E-state index in [1.165, 1.54) is 45.3 Å². The lowest BCUT2D eigenvalue weighted by atomic mass is 9.98. The highest BCUT2D eigenvalue weighted by Gasteiger charge is 2.23. The van der Waals surface area contributed by atoms with Gasteiger partial charge in [0.15, 0.2) is 0 Å². The molecular formula is C12H26N2. The van der Waals surface area contributed by atoms with Gasteiger partial charge in [-0.05, 0) is 52.2 Å². The second kappa shape index (κ2) is 6.41. The van der Waals surface area contributed by atoms with Crippen molar-refractivity contribution in [1.82, 2.24) is 10.2 Å². The quantitative estimate of drug-likeness (QED) is 0.729. The summed E-state index contributed by atoms with van der Waals surface area (Å²) in [6, 6.07) is 1.55. The standard InChI is InChI=1S/C12H26N2/c1-4-7-13-12-6-9-14(8-5-2)11(3)10-12/h11-13H,4-10H2,1-3H3. The lowest BCUT2D eigenvalue weighted by molar-refractivity contribution is 0.136. The maximum Gasteiger partial charge on any atom is 0.00940 e. The summed E-state index contributed by atoms with van der Waals surface area (Å²) >= 11 is 0. The molecule has 0 aromatic carbocycles. The Balaban J connectivity index is 2.24. The third kappa shape index (κ3) is 3.58. The molecule has 0 aromatic rings. The summed E-state index contributed by atoms with van der Waals surface area (Å²) in [5, 5.41) is 3.64. The Labute approximate surface area is 89.1 Å². The van der Waals surface area contributed by atoms with Crippen LogP contribution in [0.5, 0.6) is 0 Å². The predicted octanol–water partition coefficient (Wildman–Crippen LogP) is 2.25. The Morgan fingerprint density at radius 2 is 2.07 bits per heavy atom. The number of nitrogens with one attached hydrogen (secondary N) is 1. The van der Waals surface area contributed by atoms with Gasteiger partial charge < -0.3 is 10.2 Å². The van der Waals surface area contributed by atoms with E-state index >= 15 is 0 Å². The van der Waals surface area contributed by atoms with Crippen LogP contribution in [0.4, 0.5) is 0 Å². The second-order valence-corrected chi connectivity index (χ2v) is 4.56. The van der Waals surface area contributed by atoms with Crippen LogP contribution >= 0.6 is 0 Å². The zero-order valence-electron chi connectivity index (χ0n) is 10.1. The van der Waals surface area contributed by atoms with Crippen LogP contribution in [-0.2, 0) is 0 Å². The van der Waals surface area contributed by atoms with Crippen LogP contribution in [0.2, 0.25) is 0 Å². The molecule has 1 N–H and O–H groups in total. The third-order valence-electron chi connectivity index (χ3n) is 3.21. The summed E-state index contributed by atoms with van der Waals surface area (Å²) in [5.74, 6) is 0. The van der Waals surface area contributed by atoms with Gasteiger partial charge in [-0.3, -0.25) is 0 Å². The van der Waals surface area contributed by atoms with Crippen molar-refractivity contribution in [1.29, 1.82) is 0 Å². The molecule has 2 unspecified atom stereocenters. The Morgan fingerprint density at radius 1 is 1.29 bits per heavy atom. The SMILES string of the molecule is CCCNC1CCN(CCC)C(C)C1. The first-order chi connectivity index (χ1) is 6.77. The summed E-state index contributed by atoms with van der Waals surface area (Å²) in [6.07, 6.45) is 5.21. The van der Waals surface area contributed by atoms with Crippen molar-refractivity contribution < 1.29 is 0 Å². The molecule has 1 aliphatic rings. The van der Waals surface area contributed by atoms with Crippen LogP contribution in [0.3, 0.4) is 0 Å². The summed E-state index contributed by atoms with van der Waals surface area (Å²) in [6.45, 7) is 10.6. The largest absolute Gasteiger partial charge is 0.314 e. The normalized spacial score (nSPS) is 29.4. The summed E-state index contributed by atoms with van der Waals surface area (Å²) in [7, 11) is 0. The molecule has 0 radical (unpaired) electrons. The smallest absolute Gasteiger partial charge is 0.00940 e. The van der Waals surface area contributed by atoms with Crippen LogP contribution < -0.4 is 5.32 Å². The van der Waals surface area contributed by atoms with E-state index in [-0.39, 0.29) is 0 Å². The molecular weight excluding hydrogens is 172 g/mol. The van der Waals surface area contributed by atoms with Crippen molar-refractivity contribution in [2.45, 2.75) is 58.5 Å². The monoisotopic (exact) mass is 198 g/mol. The molecule has 84 valence electrons. The number of piperidine rings is 1. The van der Waals surface area contributed by atoms with Gasteiger partial charge in [-0.25, -0.2) is 0 Å². The third-order valence-corrected chi connectivity index (χ3v) is 3.21. The highest BCUT2D eigenvalue weighted by atomic mass is 15.2. The zero-order chi connectivity index (χ0) is 10.4. The fraction of sp³-hybridized carbons (Fsp3) is 1.00. The Bertz CT molecular complexity index is 147. The van der Waals surface area contributed by atoms with Gasteiger partial charge >= 0.3 is 0 Å². The summed E-state index contributed by atoms with van der Waals surface area (Å²) in [5.41, 5.74) is 0. The molecule has 2 nitrogen and oxygen atoms in total. The van der Waals surface area contributed by atoms with Crippen LogP contribution in [0.25, 0.3) is 0 Å². The maximum absolute atomic E-state index is 3.64. The zero-order valence-corrected chi connectivity index (χ0v) is 10.1. The van der Waals surface area contributed by atoms with Crippen molar-refractivity contribution in [3.8, 4) is 0 Å². The van der Waals surface area contributed by atoms with E-state index in [9.17, 15) is 0 Å². The fourth-order valence-corrected chi connectivity index (χ4v) is 2.37. The summed E-state index contributed by atoms with van der Waals surface area (Å²) < 4.78 is 0. The van der Waals surface area contributed by atoms with E-state index in [4.69, 9.17) is 0 Å². The molecule has 2 heteroatoms. The molecule has 14 heavy (non-hydrogen) atoms. The lowest BCUT2D eigenvalue weighted by Gasteiger charge is -2.37. The van der Waals surface area contributed by atoms with Crippen molar-refractivity contribution >= 4 is 0 Å². The van der Waals surface area contributed by atoms with Crippen LogP contribution in [0.15, 0.2) is 0 Å². The van der Waals surface area contributed by atoms with Gasteiger partial charge in [0.2, 0.25) is 0 Å². The molecule has 0 bridgehead atoms. The molecule has 1 heterocycles. The minimum Gasteiger partial charge on any atom is -0.314 e. The second-order valence-electron chi connectivity index (χ2n) is 4.56. The highest BCUT2D eigenvalue weighted by molar-refractivity contribution is 4.82. The average Bonchev–Trinajstić information content (AvgIpc) is 2.19. The Morgan fingerprint density at radius 3 is 2.64 bits per heavy atom. The Hall–Kier alpha value is -0.0800. The minimum absolute atomic E-state index is 0.776. The van der Waals surface area contributed by atoms with Crippen molar-refractivity contribution in [2.24, 2.45) is 0 Å². The first-order valence-electron chi connectivity index (χ1n) is 6.25. The topological polar surface area (TPSA) is 15.3 Å². The maximum atomic E-state index is 3.64. The molecule has 1 rings (SSSR count). The van der Waals surface area contributed by atoms with Gasteiger partial charge in [0, 0.05) is 12.1 Å². The van der Waals surface area contributed by atoms with E-state index in [1.54, 1.807) is 0 Å². The Kier molecular flexibility index (Phi) is 5.49. The molecule has 1 saturated heterocycles. The first-order valence-corrected chi connectivity index (χ1v) is 6.25. The molecule has 2 atom stereocenters. The van der Waals surface area contributed by atoms with Crippen molar-refractivity contribution in [2.75, 3.05) is 19.6 Å². The first kappa shape index (κ1) is 12.0. The van der Waals surface area contributed by atoms with E-state index < -0.39 is 0 Å². The lowest BCUT2D eigenvalue weighted by Crippen LogP contribution is -2.47. The van der Waals surface area contributed by atoms with E-state index in [0.29, 0.717) is 0 Å². The minimum atomic E-state index is 0.776. The predicted molar refractivity (Wildman–Crippen MR) is 62.6 cm³/mol. The van der Waals surface area contributed by atoms with Crippen LogP contribution in [0.1, 0.15) is 46.5 Å². The highest BCUT2D eigenvalue weighted by Crippen LogP contribution is 2.17. The van der Waals surface area contributed by atoms with E-state index in [1.807, 2.05) is 0 Å². The molecule has 0 spiro atoms. The number of nitrogens with zero attached hydrogens (tertiary/aromatic N) is 1. The molecule has 0 saturated carbocycles. The number of hydrogen-bond acceptors (Lipinski definition) is 2. The number of likely N-dealkylation sites (tertiary alicyclic amines) is 1. The van der Waals surface area contributed by atoms with Gasteiger partial charge in [-0.1, -0.05) is 13.8 Å². The fourth-order valence-electron chi connectivity index (χ4n) is 2.37. The molecule has 1 fully saturated rings. The van der Waals surface area contributed by atoms with Crippen molar-refractivity contribution in [3.63, 3.8) is 0 Å². The van der Waals surface area contributed by atoms with E-state index in [2.05, 4.69) is 31.0 Å². The average molecular weight is 198 g/mol. The van der Waals surface area contributed by atoms with E-state index in [0.717, 1.165) is 12.1 Å². The molecule has 1 aliphatic heterocycles.